The van der Waals surface area contributed by atoms with E-state index < -0.39 is 0 Å². The molecule has 0 radical (unpaired) electrons. The maximum atomic E-state index is 6.13. The van der Waals surface area contributed by atoms with Crippen LogP contribution in [-0.4, -0.2) is 92.3 Å². The molecule has 0 spiro atoms. The van der Waals surface area contributed by atoms with E-state index in [1.54, 1.807) is 0 Å². The summed E-state index contributed by atoms with van der Waals surface area (Å²) in [6.45, 7) is 9.31. The maximum absolute atomic E-state index is 6.13. The van der Waals surface area contributed by atoms with Gasteiger partial charge in [0, 0.05) is 46.3 Å². The average Bonchev–Trinajstić information content (AvgIpc) is 3.02. The Bertz CT molecular complexity index is 644. The van der Waals surface area contributed by atoms with Crippen LogP contribution in [0.15, 0.2) is 35.3 Å². The van der Waals surface area contributed by atoms with Crippen molar-refractivity contribution < 1.29 is 4.74 Å². The summed E-state index contributed by atoms with van der Waals surface area (Å²) in [6, 6.07) is 11.2. The van der Waals surface area contributed by atoms with E-state index in [1.165, 1.54) is 44.3 Å². The normalized spacial score (nSPS) is 26.9. The second kappa shape index (κ2) is 10.4. The molecular weight excluding hydrogens is 362 g/mol. The van der Waals surface area contributed by atoms with E-state index in [-0.39, 0.29) is 6.10 Å². The van der Waals surface area contributed by atoms with Crippen molar-refractivity contribution >= 4 is 5.96 Å². The number of fused-ring (bicyclic) bond motifs is 1. The van der Waals surface area contributed by atoms with Crippen molar-refractivity contribution in [3.05, 3.63) is 35.9 Å². The van der Waals surface area contributed by atoms with Crippen LogP contribution in [0.5, 0.6) is 0 Å². The van der Waals surface area contributed by atoms with E-state index in [9.17, 15) is 0 Å². The number of morpholine rings is 1. The molecular formula is C23H37N5O. The fraction of sp³-hybridized carbons (Fsp3) is 0.696. The lowest BCUT2D eigenvalue weighted by atomic mass is 10.1. The molecule has 3 saturated heterocycles. The van der Waals surface area contributed by atoms with Crippen LogP contribution >= 0.6 is 0 Å². The summed E-state index contributed by atoms with van der Waals surface area (Å²) < 4.78 is 6.13. The summed E-state index contributed by atoms with van der Waals surface area (Å²) in [5, 5.41) is 3.61. The van der Waals surface area contributed by atoms with Gasteiger partial charge in [-0.3, -0.25) is 9.89 Å². The molecule has 4 rings (SSSR count). The van der Waals surface area contributed by atoms with Gasteiger partial charge in [-0.2, -0.15) is 0 Å². The van der Waals surface area contributed by atoms with Crippen LogP contribution in [0.3, 0.4) is 0 Å². The minimum Gasteiger partial charge on any atom is -0.373 e. The molecule has 3 aliphatic rings. The molecule has 3 aliphatic heterocycles. The third-order valence-electron chi connectivity index (χ3n) is 6.57. The summed E-state index contributed by atoms with van der Waals surface area (Å²) in [5.74, 6) is 1.03. The molecule has 0 saturated carbocycles. The van der Waals surface area contributed by atoms with Crippen LogP contribution < -0.4 is 5.32 Å². The highest BCUT2D eigenvalue weighted by Gasteiger charge is 2.41. The summed E-state index contributed by atoms with van der Waals surface area (Å²) in [5.41, 5.74) is 1.38. The Morgan fingerprint density at radius 2 is 1.86 bits per heavy atom. The van der Waals surface area contributed by atoms with E-state index in [0.29, 0.717) is 6.04 Å². The monoisotopic (exact) mass is 399 g/mol. The van der Waals surface area contributed by atoms with Crippen molar-refractivity contribution in [3.8, 4) is 0 Å². The molecule has 2 unspecified atom stereocenters. The van der Waals surface area contributed by atoms with Gasteiger partial charge in [-0.05, 0) is 31.5 Å². The first-order chi connectivity index (χ1) is 14.3. The molecule has 0 amide bonds. The molecule has 2 atom stereocenters. The van der Waals surface area contributed by atoms with Crippen molar-refractivity contribution in [1.29, 1.82) is 0 Å². The Morgan fingerprint density at radius 3 is 2.62 bits per heavy atom. The summed E-state index contributed by atoms with van der Waals surface area (Å²) in [6.07, 6.45) is 5.75. The molecule has 29 heavy (non-hydrogen) atoms. The molecule has 1 aromatic rings. The van der Waals surface area contributed by atoms with Crippen LogP contribution in [0, 0.1) is 0 Å². The Balaban J connectivity index is 1.29. The van der Waals surface area contributed by atoms with E-state index in [1.807, 2.05) is 7.05 Å². The Labute approximate surface area is 175 Å². The second-order valence-electron chi connectivity index (χ2n) is 8.57. The standard InChI is InChI=1S/C23H37N5O/c1-24-23(25-11-14-26-12-7-2-3-8-13-26)28-18-21-22(19-28)29-16-15-27(21)17-20-9-5-4-6-10-20/h4-6,9-10,21-22H,2-3,7-8,11-19H2,1H3,(H,24,25). The molecule has 0 bridgehead atoms. The molecule has 160 valence electrons. The molecule has 3 heterocycles. The first-order valence-corrected chi connectivity index (χ1v) is 11.4. The van der Waals surface area contributed by atoms with Gasteiger partial charge >= 0.3 is 0 Å². The Morgan fingerprint density at radius 1 is 1.07 bits per heavy atom. The summed E-state index contributed by atoms with van der Waals surface area (Å²) >= 11 is 0. The maximum Gasteiger partial charge on any atom is 0.193 e. The highest BCUT2D eigenvalue weighted by atomic mass is 16.5. The molecule has 0 aliphatic carbocycles. The average molecular weight is 400 g/mol. The van der Waals surface area contributed by atoms with Crippen molar-refractivity contribution in [1.82, 2.24) is 20.0 Å². The quantitative estimate of drug-likeness (QED) is 0.606. The zero-order chi connectivity index (χ0) is 19.9. The van der Waals surface area contributed by atoms with Crippen molar-refractivity contribution in [3.63, 3.8) is 0 Å². The van der Waals surface area contributed by atoms with Crippen molar-refractivity contribution in [2.45, 2.75) is 44.4 Å². The third kappa shape index (κ3) is 5.50. The largest absolute Gasteiger partial charge is 0.373 e. The van der Waals surface area contributed by atoms with Crippen LogP contribution in [0.25, 0.3) is 0 Å². The van der Waals surface area contributed by atoms with Gasteiger partial charge in [0.2, 0.25) is 0 Å². The van der Waals surface area contributed by atoms with Crippen molar-refractivity contribution in [2.75, 3.05) is 59.5 Å². The zero-order valence-electron chi connectivity index (χ0n) is 17.9. The number of hydrogen-bond donors (Lipinski definition) is 1. The predicted octanol–water partition coefficient (Wildman–Crippen LogP) is 2.02. The minimum absolute atomic E-state index is 0.275. The van der Waals surface area contributed by atoms with Gasteiger partial charge in [-0.15, -0.1) is 0 Å². The third-order valence-corrected chi connectivity index (χ3v) is 6.57. The summed E-state index contributed by atoms with van der Waals surface area (Å²) in [7, 11) is 1.90. The van der Waals surface area contributed by atoms with Gasteiger partial charge in [0.15, 0.2) is 5.96 Å². The van der Waals surface area contributed by atoms with E-state index in [4.69, 9.17) is 4.74 Å². The minimum atomic E-state index is 0.275. The fourth-order valence-electron chi connectivity index (χ4n) is 4.96. The molecule has 1 aromatic carbocycles. The first kappa shape index (κ1) is 20.6. The van der Waals surface area contributed by atoms with Gasteiger partial charge in [0.1, 0.15) is 0 Å². The molecule has 3 fully saturated rings. The van der Waals surface area contributed by atoms with Crippen LogP contribution in [0.4, 0.5) is 0 Å². The highest BCUT2D eigenvalue weighted by molar-refractivity contribution is 5.80. The number of nitrogens with one attached hydrogen (secondary N) is 1. The van der Waals surface area contributed by atoms with E-state index >= 15 is 0 Å². The van der Waals surface area contributed by atoms with E-state index in [2.05, 4.69) is 55.3 Å². The molecule has 6 nitrogen and oxygen atoms in total. The lowest BCUT2D eigenvalue weighted by Gasteiger charge is -2.36. The van der Waals surface area contributed by atoms with Crippen LogP contribution in [-0.2, 0) is 11.3 Å². The first-order valence-electron chi connectivity index (χ1n) is 11.4. The van der Waals surface area contributed by atoms with Gasteiger partial charge in [-0.25, -0.2) is 0 Å². The molecule has 6 heteroatoms. The SMILES string of the molecule is CN=C(NCCN1CCCCCC1)N1CC2OCCN(Cc3ccccc3)C2C1. The number of benzene rings is 1. The lowest BCUT2D eigenvalue weighted by Crippen LogP contribution is -2.50. The second-order valence-corrected chi connectivity index (χ2v) is 8.57. The van der Waals surface area contributed by atoms with Crippen LogP contribution in [0.1, 0.15) is 31.2 Å². The van der Waals surface area contributed by atoms with E-state index in [0.717, 1.165) is 51.8 Å². The Kier molecular flexibility index (Phi) is 7.41. The van der Waals surface area contributed by atoms with Crippen LogP contribution in [0.2, 0.25) is 0 Å². The number of likely N-dealkylation sites (tertiary alicyclic amines) is 2. The van der Waals surface area contributed by atoms with Gasteiger partial charge in [0.25, 0.3) is 0 Å². The number of nitrogens with zero attached hydrogens (tertiary/aromatic N) is 4. The van der Waals surface area contributed by atoms with Gasteiger partial charge in [-0.1, -0.05) is 43.2 Å². The zero-order valence-corrected chi connectivity index (χ0v) is 17.9. The number of ether oxygens (including phenoxy) is 1. The number of guanidine groups is 1. The van der Waals surface area contributed by atoms with Gasteiger partial charge in [0.05, 0.1) is 18.8 Å². The highest BCUT2D eigenvalue weighted by Crippen LogP contribution is 2.24. The van der Waals surface area contributed by atoms with Crippen molar-refractivity contribution in [2.24, 2.45) is 4.99 Å². The smallest absolute Gasteiger partial charge is 0.193 e. The molecule has 0 aromatic heterocycles. The predicted molar refractivity (Wildman–Crippen MR) is 118 cm³/mol. The topological polar surface area (TPSA) is 43.3 Å². The Hall–Kier alpha value is -1.63. The van der Waals surface area contributed by atoms with Gasteiger partial charge < -0.3 is 19.9 Å². The lowest BCUT2D eigenvalue weighted by molar-refractivity contribution is -0.0502. The fourth-order valence-corrected chi connectivity index (χ4v) is 4.96. The number of rotatable bonds is 5. The molecule has 1 N–H and O–H groups in total. The summed E-state index contributed by atoms with van der Waals surface area (Å²) in [4.78, 5) is 12.2. The number of hydrogen-bond acceptors (Lipinski definition) is 4. The number of aliphatic imine (C=N–C) groups is 1.